The van der Waals surface area contributed by atoms with Crippen LogP contribution in [0.3, 0.4) is 0 Å². The quantitative estimate of drug-likeness (QED) is 0.715. The average molecular weight is 283 g/mol. The zero-order chi connectivity index (χ0) is 15.0. The molecular formula is C14H25N3O3. The molecule has 0 aromatic carbocycles. The van der Waals surface area contributed by atoms with Gasteiger partial charge < -0.3 is 19.9 Å². The Bertz CT molecular complexity index is 405. The van der Waals surface area contributed by atoms with Crippen molar-refractivity contribution >= 4 is 12.0 Å². The molecule has 0 saturated carbocycles. The number of likely N-dealkylation sites (tertiary alicyclic amines) is 1. The average Bonchev–Trinajstić information content (AvgIpc) is 2.71. The second-order valence-electron chi connectivity index (χ2n) is 6.80. The largest absolute Gasteiger partial charge is 0.444 e. The number of carbonyl (C=O) groups excluding carboxylic acids is 2. The van der Waals surface area contributed by atoms with Crippen LogP contribution in [0, 0.1) is 0 Å². The van der Waals surface area contributed by atoms with Gasteiger partial charge in [-0.15, -0.1) is 0 Å². The lowest BCUT2D eigenvalue weighted by Crippen LogP contribution is -2.62. The highest BCUT2D eigenvalue weighted by Crippen LogP contribution is 2.26. The fourth-order valence-corrected chi connectivity index (χ4v) is 2.85. The summed E-state index contributed by atoms with van der Waals surface area (Å²) in [6.07, 6.45) is 0.590. The van der Waals surface area contributed by atoms with Crippen molar-refractivity contribution < 1.29 is 14.3 Å². The van der Waals surface area contributed by atoms with Crippen LogP contribution in [0.2, 0.25) is 0 Å². The molecule has 1 spiro atoms. The summed E-state index contributed by atoms with van der Waals surface area (Å²) in [6, 6.07) is 0. The van der Waals surface area contributed by atoms with Crippen molar-refractivity contribution in [2.45, 2.75) is 45.3 Å². The minimum Gasteiger partial charge on any atom is -0.444 e. The van der Waals surface area contributed by atoms with Gasteiger partial charge in [0, 0.05) is 39.6 Å². The SMILES string of the molecule is CC(=O)N1CCNC2(CCN(C(=O)OC(C)(C)C)C2)C1. The van der Waals surface area contributed by atoms with Gasteiger partial charge in [-0.1, -0.05) is 0 Å². The van der Waals surface area contributed by atoms with Crippen molar-refractivity contribution in [1.82, 2.24) is 15.1 Å². The molecule has 0 aromatic heterocycles. The van der Waals surface area contributed by atoms with Crippen LogP contribution in [0.5, 0.6) is 0 Å². The number of ether oxygens (including phenoxy) is 1. The standard InChI is InChI=1S/C14H25N3O3/c1-11(18)16-8-6-15-14(9-16)5-7-17(10-14)12(19)20-13(2,3)4/h15H,5-10H2,1-4H3. The van der Waals surface area contributed by atoms with Gasteiger partial charge in [-0.2, -0.15) is 0 Å². The summed E-state index contributed by atoms with van der Waals surface area (Å²) in [5, 5.41) is 3.48. The van der Waals surface area contributed by atoms with E-state index in [1.165, 1.54) is 0 Å². The first-order chi connectivity index (χ1) is 9.21. The molecule has 2 amide bonds. The third-order valence-corrected chi connectivity index (χ3v) is 3.83. The maximum atomic E-state index is 12.1. The molecule has 2 saturated heterocycles. The first-order valence-electron chi connectivity index (χ1n) is 7.19. The molecule has 20 heavy (non-hydrogen) atoms. The third-order valence-electron chi connectivity index (χ3n) is 3.83. The van der Waals surface area contributed by atoms with Crippen LogP contribution in [-0.2, 0) is 9.53 Å². The van der Waals surface area contributed by atoms with Crippen LogP contribution in [-0.4, -0.2) is 65.7 Å². The van der Waals surface area contributed by atoms with Crippen LogP contribution in [0.1, 0.15) is 34.1 Å². The van der Waals surface area contributed by atoms with Crippen LogP contribution < -0.4 is 5.32 Å². The van der Waals surface area contributed by atoms with Crippen LogP contribution in [0.4, 0.5) is 4.79 Å². The normalized spacial score (nSPS) is 27.0. The maximum absolute atomic E-state index is 12.1. The van der Waals surface area contributed by atoms with Gasteiger partial charge in [-0.3, -0.25) is 4.79 Å². The van der Waals surface area contributed by atoms with Crippen molar-refractivity contribution in [3.05, 3.63) is 0 Å². The van der Waals surface area contributed by atoms with Crippen LogP contribution in [0.15, 0.2) is 0 Å². The molecule has 2 rings (SSSR count). The van der Waals surface area contributed by atoms with E-state index in [-0.39, 0.29) is 17.5 Å². The van der Waals surface area contributed by atoms with E-state index in [2.05, 4.69) is 5.32 Å². The predicted molar refractivity (Wildman–Crippen MR) is 75.4 cm³/mol. The monoisotopic (exact) mass is 283 g/mol. The smallest absolute Gasteiger partial charge is 0.410 e. The number of hydrogen-bond donors (Lipinski definition) is 1. The summed E-state index contributed by atoms with van der Waals surface area (Å²) >= 11 is 0. The minimum absolute atomic E-state index is 0.0987. The number of nitrogens with one attached hydrogen (secondary N) is 1. The lowest BCUT2D eigenvalue weighted by molar-refractivity contribution is -0.131. The lowest BCUT2D eigenvalue weighted by atomic mass is 9.95. The predicted octanol–water partition coefficient (Wildman–Crippen LogP) is 0.818. The lowest BCUT2D eigenvalue weighted by Gasteiger charge is -2.41. The van der Waals surface area contributed by atoms with E-state index in [1.54, 1.807) is 11.8 Å². The van der Waals surface area contributed by atoms with Gasteiger partial charge in [-0.05, 0) is 27.2 Å². The molecule has 1 atom stereocenters. The number of nitrogens with zero attached hydrogens (tertiary/aromatic N) is 2. The third kappa shape index (κ3) is 3.42. The number of amides is 2. The molecule has 1 unspecified atom stereocenters. The van der Waals surface area contributed by atoms with Crippen molar-refractivity contribution in [3.8, 4) is 0 Å². The highest BCUT2D eigenvalue weighted by atomic mass is 16.6. The molecule has 0 aromatic rings. The second kappa shape index (κ2) is 5.24. The van der Waals surface area contributed by atoms with Crippen molar-refractivity contribution in [2.24, 2.45) is 0 Å². The number of carbonyl (C=O) groups is 2. The molecule has 2 heterocycles. The molecule has 0 bridgehead atoms. The Kier molecular flexibility index (Phi) is 3.95. The molecule has 114 valence electrons. The molecule has 2 aliphatic rings. The fourth-order valence-electron chi connectivity index (χ4n) is 2.85. The Morgan fingerprint density at radius 2 is 1.80 bits per heavy atom. The Hall–Kier alpha value is -1.30. The molecule has 0 aliphatic carbocycles. The highest BCUT2D eigenvalue weighted by molar-refractivity contribution is 5.73. The first-order valence-corrected chi connectivity index (χ1v) is 7.19. The van der Waals surface area contributed by atoms with Crippen LogP contribution >= 0.6 is 0 Å². The molecule has 1 N–H and O–H groups in total. The minimum atomic E-state index is -0.474. The van der Waals surface area contributed by atoms with Gasteiger partial charge in [-0.25, -0.2) is 4.79 Å². The van der Waals surface area contributed by atoms with Gasteiger partial charge in [0.15, 0.2) is 0 Å². The molecule has 6 nitrogen and oxygen atoms in total. The van der Waals surface area contributed by atoms with Gasteiger partial charge in [0.2, 0.25) is 5.91 Å². The van der Waals surface area contributed by atoms with Gasteiger partial charge >= 0.3 is 6.09 Å². The zero-order valence-electron chi connectivity index (χ0n) is 12.9. The van der Waals surface area contributed by atoms with Crippen LogP contribution in [0.25, 0.3) is 0 Å². The molecular weight excluding hydrogens is 258 g/mol. The Morgan fingerprint density at radius 3 is 2.40 bits per heavy atom. The van der Waals surface area contributed by atoms with E-state index >= 15 is 0 Å². The number of piperazine rings is 1. The Labute approximate surface area is 120 Å². The van der Waals surface area contributed by atoms with E-state index in [0.717, 1.165) is 19.5 Å². The molecule has 2 fully saturated rings. The van der Waals surface area contributed by atoms with E-state index in [4.69, 9.17) is 4.74 Å². The second-order valence-corrected chi connectivity index (χ2v) is 6.80. The summed E-state index contributed by atoms with van der Waals surface area (Å²) in [6.45, 7) is 10.7. The summed E-state index contributed by atoms with van der Waals surface area (Å²) in [4.78, 5) is 27.2. The molecule has 0 radical (unpaired) electrons. The first kappa shape index (κ1) is 15.1. The van der Waals surface area contributed by atoms with Crippen molar-refractivity contribution in [3.63, 3.8) is 0 Å². The van der Waals surface area contributed by atoms with E-state index < -0.39 is 5.60 Å². The van der Waals surface area contributed by atoms with E-state index in [9.17, 15) is 9.59 Å². The Balaban J connectivity index is 1.97. The van der Waals surface area contributed by atoms with Gasteiger partial charge in [0.25, 0.3) is 0 Å². The number of hydrogen-bond acceptors (Lipinski definition) is 4. The summed E-state index contributed by atoms with van der Waals surface area (Å²) in [5.41, 5.74) is -0.640. The summed E-state index contributed by atoms with van der Waals surface area (Å²) < 4.78 is 5.41. The fraction of sp³-hybridized carbons (Fsp3) is 0.857. The Morgan fingerprint density at radius 1 is 1.15 bits per heavy atom. The van der Waals surface area contributed by atoms with Crippen molar-refractivity contribution in [1.29, 1.82) is 0 Å². The van der Waals surface area contributed by atoms with Gasteiger partial charge in [0.05, 0.1) is 5.54 Å². The summed E-state index contributed by atoms with van der Waals surface area (Å²) in [5.74, 6) is 0.0987. The highest BCUT2D eigenvalue weighted by Gasteiger charge is 2.44. The van der Waals surface area contributed by atoms with Crippen molar-refractivity contribution in [2.75, 3.05) is 32.7 Å². The van der Waals surface area contributed by atoms with Gasteiger partial charge in [0.1, 0.15) is 5.60 Å². The van der Waals surface area contributed by atoms with E-state index in [1.807, 2.05) is 25.7 Å². The topological polar surface area (TPSA) is 61.9 Å². The zero-order valence-corrected chi connectivity index (χ0v) is 12.9. The summed E-state index contributed by atoms with van der Waals surface area (Å²) in [7, 11) is 0. The maximum Gasteiger partial charge on any atom is 0.410 e. The molecule has 2 aliphatic heterocycles. The number of rotatable bonds is 0. The van der Waals surface area contributed by atoms with E-state index in [0.29, 0.717) is 19.6 Å². The molecule has 6 heteroatoms.